The Morgan fingerprint density at radius 3 is 2.55 bits per heavy atom. The Morgan fingerprint density at radius 2 is 1.83 bits per heavy atom. The van der Waals surface area contributed by atoms with E-state index >= 15 is 0 Å². The first kappa shape index (κ1) is 20.9. The van der Waals surface area contributed by atoms with Gasteiger partial charge in [-0.05, 0) is 24.3 Å². The SMILES string of the molecule is C[n+]1ccccc1/C=N/Nc1ccc2c3c(cccc13)C(=O)N(CCO)C2=O.[I-]. The van der Waals surface area contributed by atoms with E-state index in [-0.39, 0.29) is 37.1 Å². The summed E-state index contributed by atoms with van der Waals surface area (Å²) < 4.78 is 1.94. The molecule has 1 aliphatic rings. The number of nitrogens with one attached hydrogen (secondary N) is 1. The monoisotopic (exact) mass is 502 g/mol. The van der Waals surface area contributed by atoms with E-state index in [0.29, 0.717) is 22.2 Å². The van der Waals surface area contributed by atoms with Gasteiger partial charge in [-0.25, -0.2) is 4.57 Å². The van der Waals surface area contributed by atoms with Gasteiger partial charge in [0, 0.05) is 34.0 Å². The summed E-state index contributed by atoms with van der Waals surface area (Å²) in [6.45, 7) is -0.292. The van der Waals surface area contributed by atoms with Crippen molar-refractivity contribution < 1.29 is 43.2 Å². The van der Waals surface area contributed by atoms with Crippen molar-refractivity contribution in [1.82, 2.24) is 4.90 Å². The Morgan fingerprint density at radius 1 is 1.07 bits per heavy atom. The standard InChI is InChI=1S/C21H18N4O3.HI/c1-24-10-3-2-5-14(24)13-22-23-18-9-8-17-19-15(18)6-4-7-16(19)20(27)25(11-12-26)21(17)28;/h2-10,13,26H,11-12H2,1H3;1H. The van der Waals surface area contributed by atoms with Gasteiger partial charge in [0.1, 0.15) is 13.3 Å². The van der Waals surface area contributed by atoms with Crippen LogP contribution in [0.1, 0.15) is 26.4 Å². The second-order valence-corrected chi connectivity index (χ2v) is 6.48. The maximum atomic E-state index is 12.7. The fourth-order valence-corrected chi connectivity index (χ4v) is 3.39. The number of rotatable bonds is 5. The van der Waals surface area contributed by atoms with Crippen LogP contribution in [-0.4, -0.2) is 41.2 Å². The van der Waals surface area contributed by atoms with Crippen molar-refractivity contribution in [1.29, 1.82) is 0 Å². The van der Waals surface area contributed by atoms with E-state index in [4.69, 9.17) is 0 Å². The molecule has 0 fully saturated rings. The van der Waals surface area contributed by atoms with Gasteiger partial charge < -0.3 is 29.1 Å². The second-order valence-electron chi connectivity index (χ2n) is 6.48. The number of anilines is 1. The van der Waals surface area contributed by atoms with E-state index in [0.717, 1.165) is 16.0 Å². The van der Waals surface area contributed by atoms with Crippen LogP contribution in [0, 0.1) is 0 Å². The zero-order chi connectivity index (χ0) is 19.7. The van der Waals surface area contributed by atoms with Gasteiger partial charge in [0.15, 0.2) is 6.20 Å². The number of aryl methyl sites for hydroxylation is 1. The summed E-state index contributed by atoms with van der Waals surface area (Å²) in [7, 11) is 1.93. The summed E-state index contributed by atoms with van der Waals surface area (Å²) in [4.78, 5) is 26.5. The molecule has 0 unspecified atom stereocenters. The summed E-state index contributed by atoms with van der Waals surface area (Å²) in [6.07, 6.45) is 3.63. The molecule has 0 bridgehead atoms. The molecule has 2 N–H and O–H groups in total. The molecule has 0 aliphatic carbocycles. The van der Waals surface area contributed by atoms with E-state index in [1.54, 1.807) is 30.5 Å². The van der Waals surface area contributed by atoms with Crippen LogP contribution in [0.25, 0.3) is 10.8 Å². The second kappa shape index (κ2) is 8.66. The van der Waals surface area contributed by atoms with Crippen LogP contribution in [0.15, 0.2) is 59.8 Å². The fourth-order valence-electron chi connectivity index (χ4n) is 3.39. The van der Waals surface area contributed by atoms with Crippen LogP contribution in [0.2, 0.25) is 0 Å². The molecule has 4 rings (SSSR count). The first-order chi connectivity index (χ1) is 13.6. The number of aliphatic hydroxyl groups is 1. The predicted octanol–water partition coefficient (Wildman–Crippen LogP) is -1.30. The summed E-state index contributed by atoms with van der Waals surface area (Å²) in [6, 6.07) is 14.6. The molecule has 7 nitrogen and oxygen atoms in total. The highest BCUT2D eigenvalue weighted by Gasteiger charge is 2.32. The average Bonchev–Trinajstić information content (AvgIpc) is 2.71. The minimum absolute atomic E-state index is 0. The number of pyridine rings is 1. The molecule has 0 saturated carbocycles. The fraction of sp³-hybridized carbons (Fsp3) is 0.143. The first-order valence-electron chi connectivity index (χ1n) is 8.88. The van der Waals surface area contributed by atoms with Crippen LogP contribution >= 0.6 is 0 Å². The van der Waals surface area contributed by atoms with Crippen molar-refractivity contribution in [3.8, 4) is 0 Å². The molecule has 1 aliphatic heterocycles. The number of aliphatic hydroxyl groups excluding tert-OH is 1. The number of benzene rings is 2. The molecule has 0 saturated heterocycles. The van der Waals surface area contributed by atoms with Crippen molar-refractivity contribution in [3.05, 3.63) is 71.5 Å². The number of carbonyl (C=O) groups excluding carboxylic acids is 2. The van der Waals surface area contributed by atoms with Gasteiger partial charge in [-0.1, -0.05) is 12.1 Å². The maximum absolute atomic E-state index is 12.7. The molecule has 0 spiro atoms. The minimum atomic E-state index is -0.394. The Bertz CT molecular complexity index is 1110. The van der Waals surface area contributed by atoms with Crippen LogP contribution in [0.4, 0.5) is 5.69 Å². The van der Waals surface area contributed by atoms with E-state index in [2.05, 4.69) is 10.5 Å². The van der Waals surface area contributed by atoms with E-state index in [9.17, 15) is 14.7 Å². The number of carbonyl (C=O) groups is 2. The van der Waals surface area contributed by atoms with Crippen LogP contribution < -0.4 is 34.0 Å². The first-order valence-corrected chi connectivity index (χ1v) is 8.88. The number of amides is 2. The predicted molar refractivity (Wildman–Crippen MR) is 105 cm³/mol. The molecule has 2 amide bonds. The molecule has 148 valence electrons. The summed E-state index contributed by atoms with van der Waals surface area (Å²) in [5.74, 6) is -0.789. The molecule has 2 heterocycles. The van der Waals surface area contributed by atoms with E-state index in [1.165, 1.54) is 0 Å². The largest absolute Gasteiger partial charge is 1.00 e. The number of nitrogens with zero attached hydrogens (tertiary/aromatic N) is 3. The van der Waals surface area contributed by atoms with Crippen molar-refractivity contribution in [2.24, 2.45) is 12.1 Å². The lowest BCUT2D eigenvalue weighted by atomic mass is 9.93. The number of hydrogen-bond donors (Lipinski definition) is 2. The maximum Gasteiger partial charge on any atom is 0.261 e. The van der Waals surface area contributed by atoms with Crippen molar-refractivity contribution in [2.45, 2.75) is 0 Å². The van der Waals surface area contributed by atoms with Crippen LogP contribution in [0.5, 0.6) is 0 Å². The third-order valence-electron chi connectivity index (χ3n) is 4.79. The Labute approximate surface area is 184 Å². The summed E-state index contributed by atoms with van der Waals surface area (Å²) >= 11 is 0. The Balaban J connectivity index is 0.00000240. The molecule has 0 radical (unpaired) electrons. The number of aromatic nitrogens is 1. The van der Waals surface area contributed by atoms with Gasteiger partial charge in [0.2, 0.25) is 5.69 Å². The summed E-state index contributed by atoms with van der Waals surface area (Å²) in [5.41, 5.74) is 5.53. The van der Waals surface area contributed by atoms with Gasteiger partial charge in [0.05, 0.1) is 18.8 Å². The molecular formula is C21H19IN4O3. The van der Waals surface area contributed by atoms with E-state index < -0.39 is 11.8 Å². The van der Waals surface area contributed by atoms with Gasteiger partial charge in [-0.3, -0.25) is 19.9 Å². The number of halogens is 1. The minimum Gasteiger partial charge on any atom is -1.00 e. The highest BCUT2D eigenvalue weighted by Crippen LogP contribution is 2.34. The van der Waals surface area contributed by atoms with Crippen LogP contribution in [-0.2, 0) is 7.05 Å². The average molecular weight is 502 g/mol. The third-order valence-corrected chi connectivity index (χ3v) is 4.79. The molecule has 8 heteroatoms. The Hall–Kier alpha value is -2.85. The van der Waals surface area contributed by atoms with Gasteiger partial charge in [-0.2, -0.15) is 5.10 Å². The smallest absolute Gasteiger partial charge is 0.261 e. The highest BCUT2D eigenvalue weighted by atomic mass is 127. The molecule has 1 aromatic heterocycles. The lowest BCUT2D eigenvalue weighted by Gasteiger charge is -2.27. The lowest BCUT2D eigenvalue weighted by Crippen LogP contribution is -3.00. The van der Waals surface area contributed by atoms with E-state index in [1.807, 2.05) is 42.1 Å². The quantitative estimate of drug-likeness (QED) is 0.150. The normalized spacial score (nSPS) is 13.1. The van der Waals surface area contributed by atoms with Gasteiger partial charge in [-0.15, -0.1) is 0 Å². The van der Waals surface area contributed by atoms with Crippen molar-refractivity contribution >= 4 is 34.5 Å². The van der Waals surface area contributed by atoms with Gasteiger partial charge >= 0.3 is 0 Å². The van der Waals surface area contributed by atoms with Gasteiger partial charge in [0.25, 0.3) is 11.8 Å². The summed E-state index contributed by atoms with van der Waals surface area (Å²) in [5, 5.41) is 14.8. The molecular weight excluding hydrogens is 483 g/mol. The number of β-amino-alcohol motifs (C(OH)–C–C–N with tert-alkyl or cyclic N) is 1. The van der Waals surface area contributed by atoms with Crippen molar-refractivity contribution in [2.75, 3.05) is 18.6 Å². The molecule has 29 heavy (non-hydrogen) atoms. The lowest BCUT2D eigenvalue weighted by molar-refractivity contribution is -0.672. The van der Waals surface area contributed by atoms with Crippen LogP contribution in [0.3, 0.4) is 0 Å². The highest BCUT2D eigenvalue weighted by molar-refractivity contribution is 6.26. The number of hydrogen-bond acceptors (Lipinski definition) is 5. The zero-order valence-corrected chi connectivity index (χ0v) is 17.8. The zero-order valence-electron chi connectivity index (χ0n) is 15.7. The molecule has 0 atom stereocenters. The number of hydrazone groups is 1. The van der Waals surface area contributed by atoms with Crippen molar-refractivity contribution in [3.63, 3.8) is 0 Å². The Kier molecular flexibility index (Phi) is 6.23. The molecule has 2 aromatic carbocycles. The third kappa shape index (κ3) is 3.73. The molecule has 3 aromatic rings. The topological polar surface area (TPSA) is 85.9 Å². The number of imide groups is 1.